The Kier molecular flexibility index (Phi) is 12.4. The first-order valence-electron chi connectivity index (χ1n) is 17.4. The SMILES string of the molecule is CCOC(=O)c1c(CCCOc2cccc3ccccc23)c2cccc(-c3c(COc4ccc(SC)cc4)nn(C)c3CBr)c2n1CCCNC. The molecular weight excluding hydrogens is 724 g/mol. The largest absolute Gasteiger partial charge is 0.493 e. The number of benzene rings is 4. The molecule has 10 heteroatoms. The molecule has 0 spiro atoms. The lowest BCUT2D eigenvalue weighted by Crippen LogP contribution is -2.17. The Morgan fingerprint density at radius 3 is 2.47 bits per heavy atom. The van der Waals surface area contributed by atoms with E-state index in [4.69, 9.17) is 19.3 Å². The second kappa shape index (κ2) is 17.3. The van der Waals surface area contributed by atoms with E-state index >= 15 is 0 Å². The molecule has 0 atom stereocenters. The van der Waals surface area contributed by atoms with Crippen LogP contribution in [-0.2, 0) is 36.7 Å². The van der Waals surface area contributed by atoms with Crippen LogP contribution in [0.3, 0.4) is 0 Å². The molecule has 0 bridgehead atoms. The second-order valence-corrected chi connectivity index (χ2v) is 13.7. The number of carbonyl (C=O) groups is 1. The molecule has 2 aromatic heterocycles. The summed E-state index contributed by atoms with van der Waals surface area (Å²) in [5.74, 6) is 1.35. The number of thioether (sulfide) groups is 1. The number of rotatable bonds is 17. The van der Waals surface area contributed by atoms with Gasteiger partial charge in [-0.25, -0.2) is 4.79 Å². The zero-order valence-corrected chi connectivity index (χ0v) is 32.1. The van der Waals surface area contributed by atoms with Crippen molar-refractivity contribution in [3.05, 3.63) is 108 Å². The van der Waals surface area contributed by atoms with Crippen LogP contribution in [0.4, 0.5) is 0 Å². The van der Waals surface area contributed by atoms with Gasteiger partial charge >= 0.3 is 5.97 Å². The first-order valence-corrected chi connectivity index (χ1v) is 19.8. The Hall–Kier alpha value is -4.25. The lowest BCUT2D eigenvalue weighted by atomic mass is 9.98. The summed E-state index contributed by atoms with van der Waals surface area (Å²) in [6, 6.07) is 28.9. The van der Waals surface area contributed by atoms with Gasteiger partial charge in [0.15, 0.2) is 0 Å². The molecule has 0 unspecified atom stereocenters. The Bertz CT molecular complexity index is 2100. The number of hydrogen-bond donors (Lipinski definition) is 1. The summed E-state index contributed by atoms with van der Waals surface area (Å²) in [4.78, 5) is 15.1. The standard InChI is InChI=1S/C41H45BrN4O4S/c1-5-48-41(47)40-33(17-10-25-49-37-18-8-13-28-12-6-7-14-31(28)37)32-15-9-16-34(39(32)46(40)24-11-23-43-2)38-35(44-45(3)36(38)26-42)27-50-29-19-21-30(51-4)22-20-29/h6-9,12-16,18-22,43H,5,10-11,17,23-27H2,1-4H3. The number of nitrogens with one attached hydrogen (secondary N) is 1. The summed E-state index contributed by atoms with van der Waals surface area (Å²) in [6.45, 7) is 4.42. The summed E-state index contributed by atoms with van der Waals surface area (Å²) in [6.07, 6.45) is 4.28. The van der Waals surface area contributed by atoms with Crippen LogP contribution >= 0.6 is 27.7 Å². The van der Waals surface area contributed by atoms with Crippen molar-refractivity contribution in [3.8, 4) is 22.6 Å². The average Bonchev–Trinajstić information content (AvgIpc) is 3.66. The molecule has 0 aliphatic rings. The average molecular weight is 770 g/mol. The first kappa shape index (κ1) is 36.5. The van der Waals surface area contributed by atoms with Gasteiger partial charge in [0.1, 0.15) is 29.5 Å². The smallest absolute Gasteiger partial charge is 0.355 e. The molecule has 51 heavy (non-hydrogen) atoms. The van der Waals surface area contributed by atoms with Crippen molar-refractivity contribution in [2.24, 2.45) is 7.05 Å². The summed E-state index contributed by atoms with van der Waals surface area (Å²) < 4.78 is 22.5. The molecule has 2 heterocycles. The highest BCUT2D eigenvalue weighted by Gasteiger charge is 2.28. The number of carbonyl (C=O) groups excluding carboxylic acids is 1. The third kappa shape index (κ3) is 7.98. The van der Waals surface area contributed by atoms with E-state index in [1.54, 1.807) is 11.8 Å². The fourth-order valence-corrected chi connectivity index (χ4v) is 7.82. The van der Waals surface area contributed by atoms with Crippen LogP contribution in [0.5, 0.6) is 11.5 Å². The number of esters is 1. The van der Waals surface area contributed by atoms with Crippen molar-refractivity contribution < 1.29 is 19.0 Å². The van der Waals surface area contributed by atoms with Crippen molar-refractivity contribution in [2.45, 2.75) is 49.6 Å². The van der Waals surface area contributed by atoms with Gasteiger partial charge in [0, 0.05) is 45.7 Å². The molecule has 6 rings (SSSR count). The molecule has 1 N–H and O–H groups in total. The van der Waals surface area contributed by atoms with Crippen LogP contribution in [0.2, 0.25) is 0 Å². The molecule has 0 radical (unpaired) electrons. The highest BCUT2D eigenvalue weighted by atomic mass is 79.9. The fourth-order valence-electron chi connectivity index (χ4n) is 6.77. The summed E-state index contributed by atoms with van der Waals surface area (Å²) in [5, 5.41) is 12.1. The minimum atomic E-state index is -0.307. The minimum Gasteiger partial charge on any atom is -0.493 e. The first-order chi connectivity index (χ1) is 25.0. The number of aromatic nitrogens is 3. The quantitative estimate of drug-likeness (QED) is 0.0429. The van der Waals surface area contributed by atoms with E-state index < -0.39 is 0 Å². The van der Waals surface area contributed by atoms with Gasteiger partial charge in [0.05, 0.1) is 24.4 Å². The maximum atomic E-state index is 13.9. The number of nitrogens with zero attached hydrogens (tertiary/aromatic N) is 3. The van der Waals surface area contributed by atoms with E-state index in [0.717, 1.165) is 80.6 Å². The Balaban J connectivity index is 1.41. The number of ether oxygens (including phenoxy) is 3. The molecule has 8 nitrogen and oxygen atoms in total. The lowest BCUT2D eigenvalue weighted by molar-refractivity contribution is 0.0512. The zero-order chi connectivity index (χ0) is 35.7. The van der Waals surface area contributed by atoms with Gasteiger partial charge in [-0.05, 0) is 87.3 Å². The molecule has 4 aromatic carbocycles. The number of fused-ring (bicyclic) bond motifs is 2. The van der Waals surface area contributed by atoms with Gasteiger partial charge < -0.3 is 24.1 Å². The zero-order valence-electron chi connectivity index (χ0n) is 29.7. The molecule has 0 amide bonds. The molecular formula is C41H45BrN4O4S. The van der Waals surface area contributed by atoms with Crippen LogP contribution in [0.15, 0.2) is 89.8 Å². The Morgan fingerprint density at radius 2 is 1.71 bits per heavy atom. The Labute approximate surface area is 312 Å². The van der Waals surface area contributed by atoms with Gasteiger partial charge in [-0.3, -0.25) is 4.68 Å². The lowest BCUT2D eigenvalue weighted by Gasteiger charge is -2.15. The van der Waals surface area contributed by atoms with Crippen molar-refractivity contribution in [2.75, 3.05) is 33.1 Å². The normalized spacial score (nSPS) is 11.4. The van der Waals surface area contributed by atoms with Crippen LogP contribution < -0.4 is 14.8 Å². The van der Waals surface area contributed by atoms with Gasteiger partial charge in [0.25, 0.3) is 0 Å². The van der Waals surface area contributed by atoms with E-state index in [1.807, 2.05) is 62.1 Å². The maximum absolute atomic E-state index is 13.9. The van der Waals surface area contributed by atoms with Crippen molar-refractivity contribution in [1.29, 1.82) is 0 Å². The summed E-state index contributed by atoms with van der Waals surface area (Å²) in [7, 11) is 3.92. The number of aryl methyl sites for hydroxylation is 3. The third-order valence-electron chi connectivity index (χ3n) is 9.11. The summed E-state index contributed by atoms with van der Waals surface area (Å²) in [5.41, 5.74) is 6.48. The monoisotopic (exact) mass is 768 g/mol. The minimum absolute atomic E-state index is 0.295. The second-order valence-electron chi connectivity index (χ2n) is 12.3. The van der Waals surface area contributed by atoms with Crippen molar-refractivity contribution >= 4 is 55.3 Å². The van der Waals surface area contributed by atoms with E-state index in [1.165, 1.54) is 4.90 Å². The number of halogens is 1. The molecule has 0 fully saturated rings. The van der Waals surface area contributed by atoms with E-state index in [0.29, 0.717) is 43.8 Å². The number of hydrogen-bond acceptors (Lipinski definition) is 7. The predicted molar refractivity (Wildman–Crippen MR) is 212 cm³/mol. The topological polar surface area (TPSA) is 79.5 Å². The molecule has 6 aromatic rings. The molecule has 0 saturated carbocycles. The maximum Gasteiger partial charge on any atom is 0.355 e. The van der Waals surface area contributed by atoms with Crippen LogP contribution in [0.1, 0.15) is 47.2 Å². The fraction of sp³-hybridized carbons (Fsp3) is 0.317. The van der Waals surface area contributed by atoms with Gasteiger partial charge in [-0.1, -0.05) is 70.5 Å². The van der Waals surface area contributed by atoms with E-state index in [2.05, 4.69) is 80.6 Å². The predicted octanol–water partition coefficient (Wildman–Crippen LogP) is 9.19. The van der Waals surface area contributed by atoms with Gasteiger partial charge in [-0.2, -0.15) is 5.10 Å². The van der Waals surface area contributed by atoms with Crippen LogP contribution in [0.25, 0.3) is 32.8 Å². The highest BCUT2D eigenvalue weighted by molar-refractivity contribution is 9.08. The van der Waals surface area contributed by atoms with Gasteiger partial charge in [-0.15, -0.1) is 11.8 Å². The van der Waals surface area contributed by atoms with E-state index in [-0.39, 0.29) is 5.97 Å². The van der Waals surface area contributed by atoms with Crippen molar-refractivity contribution in [1.82, 2.24) is 19.7 Å². The van der Waals surface area contributed by atoms with Crippen LogP contribution in [0, 0.1) is 0 Å². The van der Waals surface area contributed by atoms with Gasteiger partial charge in [0.2, 0.25) is 0 Å². The molecule has 0 saturated heterocycles. The summed E-state index contributed by atoms with van der Waals surface area (Å²) >= 11 is 5.45. The molecule has 266 valence electrons. The molecule has 0 aliphatic carbocycles. The van der Waals surface area contributed by atoms with Crippen molar-refractivity contribution in [3.63, 3.8) is 0 Å². The third-order valence-corrected chi connectivity index (χ3v) is 10.4. The Morgan fingerprint density at radius 1 is 0.941 bits per heavy atom. The van der Waals surface area contributed by atoms with E-state index in [9.17, 15) is 4.79 Å². The number of para-hydroxylation sites is 1. The highest BCUT2D eigenvalue weighted by Crippen LogP contribution is 2.39. The number of alkyl halides is 1. The van der Waals surface area contributed by atoms with Crippen LogP contribution in [-0.4, -0.2) is 53.4 Å². The molecule has 0 aliphatic heterocycles.